The second-order valence-electron chi connectivity index (χ2n) is 9.08. The van der Waals surface area contributed by atoms with Gasteiger partial charge in [-0.2, -0.15) is 0 Å². The van der Waals surface area contributed by atoms with Gasteiger partial charge in [-0.3, -0.25) is 14.0 Å². The topological polar surface area (TPSA) is 113 Å². The molecule has 2 aromatic heterocycles. The fraction of sp³-hybridized carbons (Fsp3) is 0.185. The van der Waals surface area contributed by atoms with Crippen LogP contribution in [0.1, 0.15) is 27.0 Å². The number of halogens is 1. The number of fused-ring (bicyclic) bond motifs is 4. The average Bonchev–Trinajstić information content (AvgIpc) is 3.36. The van der Waals surface area contributed by atoms with Crippen LogP contribution in [0, 0.1) is 12.7 Å². The Morgan fingerprint density at radius 1 is 1.14 bits per heavy atom. The highest BCUT2D eigenvalue weighted by Crippen LogP contribution is 2.34. The molecular weight excluding hydrogens is 477 g/mol. The van der Waals surface area contributed by atoms with Crippen LogP contribution in [0.5, 0.6) is 11.5 Å². The first-order valence-corrected chi connectivity index (χ1v) is 11.7. The minimum Gasteiger partial charge on any atom is -0.502 e. The summed E-state index contributed by atoms with van der Waals surface area (Å²) < 4.78 is 21.0. The van der Waals surface area contributed by atoms with E-state index >= 15 is 0 Å². The van der Waals surface area contributed by atoms with Gasteiger partial charge in [0.2, 0.25) is 5.65 Å². The Hall–Kier alpha value is -4.73. The number of ether oxygens (including phenoxy) is 1. The molecule has 0 fully saturated rings. The third-order valence-electron chi connectivity index (χ3n) is 6.85. The highest BCUT2D eigenvalue weighted by atomic mass is 19.1. The van der Waals surface area contributed by atoms with E-state index in [4.69, 9.17) is 4.74 Å². The summed E-state index contributed by atoms with van der Waals surface area (Å²) in [6, 6.07) is 14.0. The Morgan fingerprint density at radius 3 is 2.70 bits per heavy atom. The van der Waals surface area contributed by atoms with Crippen molar-refractivity contribution in [2.45, 2.75) is 19.9 Å². The Morgan fingerprint density at radius 2 is 1.92 bits per heavy atom. The minimum atomic E-state index is -0.896. The number of phenolic OH excluding ortho intramolecular Hbond substituents is 1. The van der Waals surface area contributed by atoms with Crippen molar-refractivity contribution in [2.75, 3.05) is 13.7 Å². The summed E-state index contributed by atoms with van der Waals surface area (Å²) in [6.07, 6.45) is 0.780. The first-order valence-electron chi connectivity index (χ1n) is 11.7. The predicted molar refractivity (Wildman–Crippen MR) is 134 cm³/mol. The molecule has 10 heteroatoms. The van der Waals surface area contributed by atoms with Gasteiger partial charge >= 0.3 is 0 Å². The van der Waals surface area contributed by atoms with E-state index < -0.39 is 17.1 Å². The maximum Gasteiger partial charge on any atom is 0.294 e. The first-order chi connectivity index (χ1) is 17.9. The lowest BCUT2D eigenvalue weighted by Gasteiger charge is -2.29. The molecule has 1 aliphatic rings. The van der Waals surface area contributed by atoms with Gasteiger partial charge in [-0.05, 0) is 54.3 Å². The highest BCUT2D eigenvalue weighted by molar-refractivity contribution is 5.99. The summed E-state index contributed by atoms with van der Waals surface area (Å²) in [5, 5.41) is 18.0. The van der Waals surface area contributed by atoms with Crippen molar-refractivity contribution in [1.82, 2.24) is 24.5 Å². The molecule has 2 N–H and O–H groups in total. The lowest BCUT2D eigenvalue weighted by molar-refractivity contribution is 0.0734. The van der Waals surface area contributed by atoms with E-state index in [2.05, 4.69) is 21.2 Å². The maximum atomic E-state index is 14.4. The molecule has 37 heavy (non-hydrogen) atoms. The summed E-state index contributed by atoms with van der Waals surface area (Å²) in [6.45, 7) is 2.95. The standard InChI is InChI=1S/C27H22FN5O4/c1-14-9-21-20(12-18(14)27(36)32-8-7-15-5-3-4-6-16(15)13-32)29-26(35)25-31-30-24(33(21)25)17-10-19(28)23(34)22(11-17)37-2/h3-6,9-12,34H,7-8,13H2,1-2H3,(H,29,35). The Balaban J connectivity index is 1.48. The van der Waals surface area contributed by atoms with Gasteiger partial charge in [0.1, 0.15) is 0 Å². The summed E-state index contributed by atoms with van der Waals surface area (Å²) in [7, 11) is 1.31. The molecule has 5 aromatic rings. The van der Waals surface area contributed by atoms with Gasteiger partial charge in [0.25, 0.3) is 11.5 Å². The zero-order valence-corrected chi connectivity index (χ0v) is 20.1. The molecule has 1 amide bonds. The number of aryl methyl sites for hydroxylation is 1. The Labute approximate surface area is 209 Å². The van der Waals surface area contributed by atoms with Gasteiger partial charge in [-0.25, -0.2) is 4.39 Å². The second kappa shape index (κ2) is 8.44. The van der Waals surface area contributed by atoms with Crippen LogP contribution in [-0.2, 0) is 13.0 Å². The smallest absolute Gasteiger partial charge is 0.294 e. The maximum absolute atomic E-state index is 14.4. The molecule has 1 aliphatic heterocycles. The zero-order chi connectivity index (χ0) is 25.8. The van der Waals surface area contributed by atoms with Crippen molar-refractivity contribution < 1.29 is 19.0 Å². The molecular formula is C27H22FN5O4. The lowest BCUT2D eigenvalue weighted by atomic mass is 9.98. The number of benzene rings is 3. The molecule has 0 bridgehead atoms. The number of amides is 1. The molecule has 3 aromatic carbocycles. The van der Waals surface area contributed by atoms with E-state index in [9.17, 15) is 19.1 Å². The van der Waals surface area contributed by atoms with Crippen LogP contribution in [0.4, 0.5) is 4.39 Å². The van der Waals surface area contributed by atoms with Gasteiger partial charge in [0, 0.05) is 24.2 Å². The van der Waals surface area contributed by atoms with Gasteiger partial charge in [0.15, 0.2) is 23.1 Å². The van der Waals surface area contributed by atoms with Crippen molar-refractivity contribution in [3.05, 3.63) is 87.0 Å². The van der Waals surface area contributed by atoms with Gasteiger partial charge in [-0.1, -0.05) is 24.3 Å². The van der Waals surface area contributed by atoms with E-state index in [0.717, 1.165) is 18.1 Å². The van der Waals surface area contributed by atoms with Gasteiger partial charge in [-0.15, -0.1) is 10.2 Å². The number of hydrogen-bond donors (Lipinski definition) is 2. The fourth-order valence-electron chi connectivity index (χ4n) is 4.93. The largest absolute Gasteiger partial charge is 0.502 e. The Bertz CT molecular complexity index is 1790. The third kappa shape index (κ3) is 3.60. The zero-order valence-electron chi connectivity index (χ0n) is 20.1. The predicted octanol–water partition coefficient (Wildman–Crippen LogP) is 3.60. The minimum absolute atomic E-state index is 0.0149. The number of phenols is 1. The molecule has 0 saturated carbocycles. The number of hydrogen-bond acceptors (Lipinski definition) is 6. The molecule has 6 rings (SSSR count). The summed E-state index contributed by atoms with van der Waals surface area (Å²) in [5.74, 6) is -1.53. The van der Waals surface area contributed by atoms with Crippen molar-refractivity contribution in [3.63, 3.8) is 0 Å². The number of nitrogens with one attached hydrogen (secondary N) is 1. The van der Waals surface area contributed by atoms with Crippen LogP contribution in [0.25, 0.3) is 28.1 Å². The molecule has 3 heterocycles. The van der Waals surface area contributed by atoms with Crippen molar-refractivity contribution in [3.8, 4) is 22.9 Å². The van der Waals surface area contributed by atoms with Crippen molar-refractivity contribution in [1.29, 1.82) is 0 Å². The number of nitrogens with zero attached hydrogens (tertiary/aromatic N) is 4. The average molecular weight is 500 g/mol. The van der Waals surface area contributed by atoms with Crippen LogP contribution in [0.15, 0.2) is 53.3 Å². The molecule has 0 unspecified atom stereocenters. The van der Waals surface area contributed by atoms with Crippen LogP contribution in [0.3, 0.4) is 0 Å². The fourth-order valence-corrected chi connectivity index (χ4v) is 4.93. The number of rotatable bonds is 3. The van der Waals surface area contributed by atoms with Crippen molar-refractivity contribution >= 4 is 22.6 Å². The molecule has 9 nitrogen and oxygen atoms in total. The van der Waals surface area contributed by atoms with E-state index in [1.54, 1.807) is 12.1 Å². The quantitative estimate of drug-likeness (QED) is 0.392. The number of carbonyl (C=O) groups excluding carboxylic acids is 1. The second-order valence-corrected chi connectivity index (χ2v) is 9.08. The summed E-state index contributed by atoms with van der Waals surface area (Å²) in [5.41, 5.74) is 4.28. The lowest BCUT2D eigenvalue weighted by Crippen LogP contribution is -2.36. The SMILES string of the molecule is COc1cc(-c2nnc3c(=O)[nH]c4cc(C(=O)N5CCc6ccccc6C5)c(C)cc4n23)cc(F)c1O. The summed E-state index contributed by atoms with van der Waals surface area (Å²) in [4.78, 5) is 31.0. The normalized spacial score (nSPS) is 13.2. The molecule has 0 aliphatic carbocycles. The molecule has 0 saturated heterocycles. The van der Waals surface area contributed by atoms with Crippen molar-refractivity contribution in [2.24, 2.45) is 0 Å². The van der Waals surface area contributed by atoms with E-state index in [1.807, 2.05) is 30.0 Å². The molecule has 0 radical (unpaired) electrons. The first kappa shape index (κ1) is 22.7. The van der Waals surface area contributed by atoms with Gasteiger partial charge in [0.05, 0.1) is 18.1 Å². The van der Waals surface area contributed by atoms with Crippen LogP contribution >= 0.6 is 0 Å². The third-order valence-corrected chi connectivity index (χ3v) is 6.85. The van der Waals surface area contributed by atoms with E-state index in [0.29, 0.717) is 35.2 Å². The van der Waals surface area contributed by atoms with Crippen LogP contribution < -0.4 is 10.3 Å². The number of methoxy groups -OCH3 is 1. The number of aromatic nitrogens is 4. The highest BCUT2D eigenvalue weighted by Gasteiger charge is 2.24. The summed E-state index contributed by atoms with van der Waals surface area (Å²) >= 11 is 0. The van der Waals surface area contributed by atoms with E-state index in [1.165, 1.54) is 23.1 Å². The van der Waals surface area contributed by atoms with E-state index in [-0.39, 0.29) is 28.7 Å². The van der Waals surface area contributed by atoms with Crippen LogP contribution in [0.2, 0.25) is 0 Å². The molecule has 0 atom stereocenters. The number of aromatic amines is 1. The van der Waals surface area contributed by atoms with Crippen LogP contribution in [-0.4, -0.2) is 49.2 Å². The number of H-pyrrole nitrogens is 1. The number of aromatic hydroxyl groups is 1. The molecule has 0 spiro atoms. The number of carbonyl (C=O) groups is 1. The monoisotopic (exact) mass is 499 g/mol. The Kier molecular flexibility index (Phi) is 5.18. The molecule has 186 valence electrons. The van der Waals surface area contributed by atoms with Gasteiger partial charge < -0.3 is 19.7 Å².